The third-order valence-corrected chi connectivity index (χ3v) is 8.51. The fourth-order valence-corrected chi connectivity index (χ4v) is 5.62. The minimum atomic E-state index is -3.97. The van der Waals surface area contributed by atoms with Crippen molar-refractivity contribution in [2.75, 3.05) is 43.9 Å². The van der Waals surface area contributed by atoms with Crippen molar-refractivity contribution in [3.05, 3.63) is 78.4 Å². The monoisotopic (exact) mass is 596 g/mol. The molecule has 0 unspecified atom stereocenters. The van der Waals surface area contributed by atoms with Gasteiger partial charge in [-0.2, -0.15) is 0 Å². The number of nitrogens with one attached hydrogen (secondary N) is 2. The number of hydrogen-bond donors (Lipinski definition) is 3. The summed E-state index contributed by atoms with van der Waals surface area (Å²) in [5.74, 6) is 0.146. The number of methoxy groups -OCH3 is 1. The van der Waals surface area contributed by atoms with Gasteiger partial charge in [0.1, 0.15) is 17.6 Å². The average molecular weight is 597 g/mol. The van der Waals surface area contributed by atoms with Crippen LogP contribution in [0.1, 0.15) is 24.2 Å². The zero-order chi connectivity index (χ0) is 30.4. The fraction of sp³-hybridized carbons (Fsp3) is 0.333. The largest absolute Gasteiger partial charge is 0.497 e. The van der Waals surface area contributed by atoms with Gasteiger partial charge in [-0.15, -0.1) is 0 Å². The molecule has 0 bridgehead atoms. The molecule has 0 aromatic heterocycles. The number of urea groups is 1. The molecule has 1 aliphatic heterocycles. The first-order chi connectivity index (χ1) is 20.0. The maximum absolute atomic E-state index is 13.7. The van der Waals surface area contributed by atoms with E-state index in [1.807, 2.05) is 25.1 Å². The van der Waals surface area contributed by atoms with Crippen LogP contribution >= 0.6 is 0 Å². The molecule has 3 N–H and O–H groups in total. The molecule has 1 aliphatic rings. The van der Waals surface area contributed by atoms with Crippen LogP contribution < -0.4 is 19.5 Å². The maximum atomic E-state index is 13.7. The van der Waals surface area contributed by atoms with Crippen molar-refractivity contribution in [1.82, 2.24) is 9.80 Å². The van der Waals surface area contributed by atoms with Crippen molar-refractivity contribution in [3.63, 3.8) is 0 Å². The van der Waals surface area contributed by atoms with Crippen molar-refractivity contribution in [3.8, 4) is 11.5 Å². The van der Waals surface area contributed by atoms with Gasteiger partial charge in [-0.1, -0.05) is 25.1 Å². The Morgan fingerprint density at radius 2 is 1.81 bits per heavy atom. The molecule has 1 heterocycles. The van der Waals surface area contributed by atoms with E-state index in [1.165, 1.54) is 42.3 Å². The summed E-state index contributed by atoms with van der Waals surface area (Å²) in [7, 11) is -0.821. The highest BCUT2D eigenvalue weighted by atomic mass is 32.2. The van der Waals surface area contributed by atoms with E-state index < -0.39 is 28.1 Å². The van der Waals surface area contributed by atoms with Crippen molar-refractivity contribution in [2.24, 2.45) is 5.92 Å². The zero-order valence-electron chi connectivity index (χ0n) is 24.0. The van der Waals surface area contributed by atoms with Crippen LogP contribution in [-0.2, 0) is 10.0 Å². The lowest BCUT2D eigenvalue weighted by molar-refractivity contribution is 0.0371. The van der Waals surface area contributed by atoms with Gasteiger partial charge >= 0.3 is 6.03 Å². The third-order valence-electron chi connectivity index (χ3n) is 7.11. The molecule has 0 saturated carbocycles. The molecule has 0 fully saturated rings. The number of aliphatic hydroxyl groups is 1. The van der Waals surface area contributed by atoms with Crippen LogP contribution in [0.3, 0.4) is 0 Å². The summed E-state index contributed by atoms with van der Waals surface area (Å²) < 4.78 is 40.0. The van der Waals surface area contributed by atoms with Gasteiger partial charge in [-0.3, -0.25) is 9.52 Å². The Labute approximate surface area is 246 Å². The molecule has 0 saturated heterocycles. The summed E-state index contributed by atoms with van der Waals surface area (Å²) in [6, 6.07) is 18.7. The SMILES string of the molecule is COc1ccc(S(=O)(=O)Nc2ccc3c(c2)C(=O)N([C@@H](C)CO)C[C@H](C)[C@@H](CN(C)C(=O)Nc2ccccc2)O3)cc1. The van der Waals surface area contributed by atoms with Gasteiger partial charge in [-0.25, -0.2) is 13.2 Å². The molecular formula is C30H36N4O7S. The molecule has 42 heavy (non-hydrogen) atoms. The lowest BCUT2D eigenvalue weighted by Crippen LogP contribution is -2.50. The van der Waals surface area contributed by atoms with Crippen molar-refractivity contribution in [2.45, 2.75) is 30.9 Å². The summed E-state index contributed by atoms with van der Waals surface area (Å²) in [5.41, 5.74) is 0.964. The Kier molecular flexibility index (Phi) is 9.59. The number of hydrogen-bond acceptors (Lipinski definition) is 7. The van der Waals surface area contributed by atoms with E-state index >= 15 is 0 Å². The molecule has 4 rings (SSSR count). The van der Waals surface area contributed by atoms with Crippen LogP contribution in [0.4, 0.5) is 16.2 Å². The van der Waals surface area contributed by atoms with Crippen molar-refractivity contribution < 1.29 is 32.6 Å². The highest BCUT2D eigenvalue weighted by Gasteiger charge is 2.34. The zero-order valence-corrected chi connectivity index (χ0v) is 24.8. The van der Waals surface area contributed by atoms with E-state index in [4.69, 9.17) is 9.47 Å². The number of para-hydroxylation sites is 1. The number of ether oxygens (including phenoxy) is 2. The van der Waals surface area contributed by atoms with Crippen LogP contribution in [0.25, 0.3) is 0 Å². The minimum absolute atomic E-state index is 0.0267. The third kappa shape index (κ3) is 7.12. The molecule has 3 aromatic carbocycles. The maximum Gasteiger partial charge on any atom is 0.321 e. The van der Waals surface area contributed by atoms with Gasteiger partial charge in [0.25, 0.3) is 15.9 Å². The average Bonchev–Trinajstić information content (AvgIpc) is 2.99. The van der Waals surface area contributed by atoms with Gasteiger partial charge < -0.3 is 29.7 Å². The number of likely N-dealkylation sites (N-methyl/N-ethyl adjacent to an activating group) is 1. The van der Waals surface area contributed by atoms with E-state index in [1.54, 1.807) is 43.1 Å². The lowest BCUT2D eigenvalue weighted by atomic mass is 9.99. The number of aliphatic hydroxyl groups excluding tert-OH is 1. The second kappa shape index (κ2) is 13.1. The summed E-state index contributed by atoms with van der Waals surface area (Å²) in [6.07, 6.45) is -0.515. The second-order valence-electron chi connectivity index (χ2n) is 10.3. The summed E-state index contributed by atoms with van der Waals surface area (Å²) in [5, 5.41) is 12.8. The molecular weight excluding hydrogens is 560 g/mol. The Hall–Kier alpha value is -4.29. The number of fused-ring (bicyclic) bond motifs is 1. The molecule has 3 amide bonds. The smallest absolute Gasteiger partial charge is 0.321 e. The molecule has 3 atom stereocenters. The lowest BCUT2D eigenvalue weighted by Gasteiger charge is -2.38. The summed E-state index contributed by atoms with van der Waals surface area (Å²) >= 11 is 0. The highest BCUT2D eigenvalue weighted by molar-refractivity contribution is 7.92. The topological polar surface area (TPSA) is 138 Å². The van der Waals surface area contributed by atoms with E-state index in [-0.39, 0.29) is 53.5 Å². The highest BCUT2D eigenvalue weighted by Crippen LogP contribution is 2.31. The van der Waals surface area contributed by atoms with E-state index in [2.05, 4.69) is 10.0 Å². The Bertz CT molecular complexity index is 1500. The standard InChI is InChI=1S/C30H36N4O7S/c1-20-17-34(21(2)19-35)29(36)26-16-23(32-42(38,39)25-13-11-24(40-4)12-14-25)10-15-27(26)41-28(20)18-33(3)30(37)31-22-8-6-5-7-9-22/h5-16,20-21,28,32,35H,17-19H2,1-4H3,(H,31,37)/t20-,21-,28+/m0/s1. The van der Waals surface area contributed by atoms with E-state index in [9.17, 15) is 23.1 Å². The molecule has 0 aliphatic carbocycles. The number of sulfonamides is 1. The predicted octanol–water partition coefficient (Wildman–Crippen LogP) is 3.88. The van der Waals surface area contributed by atoms with E-state index in [0.29, 0.717) is 11.4 Å². The quantitative estimate of drug-likeness (QED) is 0.341. The molecule has 3 aromatic rings. The Balaban J connectivity index is 1.61. The molecule has 11 nitrogen and oxygen atoms in total. The van der Waals surface area contributed by atoms with E-state index in [0.717, 1.165) is 0 Å². The number of carbonyl (C=O) groups is 2. The van der Waals surface area contributed by atoms with Crippen LogP contribution in [0.5, 0.6) is 11.5 Å². The van der Waals surface area contributed by atoms with Crippen LogP contribution in [-0.4, -0.2) is 81.3 Å². The Morgan fingerprint density at radius 1 is 1.12 bits per heavy atom. The Morgan fingerprint density at radius 3 is 2.45 bits per heavy atom. The normalized spacial score (nSPS) is 17.6. The first-order valence-corrected chi connectivity index (χ1v) is 15.0. The predicted molar refractivity (Wildman–Crippen MR) is 159 cm³/mol. The number of carbonyl (C=O) groups excluding carboxylic acids is 2. The molecule has 0 radical (unpaired) electrons. The number of anilines is 2. The first-order valence-electron chi connectivity index (χ1n) is 13.5. The number of nitrogens with zero attached hydrogens (tertiary/aromatic N) is 2. The van der Waals surface area contributed by atoms with Crippen molar-refractivity contribution in [1.29, 1.82) is 0 Å². The second-order valence-corrected chi connectivity index (χ2v) is 12.0. The number of rotatable bonds is 9. The molecule has 224 valence electrons. The summed E-state index contributed by atoms with van der Waals surface area (Å²) in [4.78, 5) is 29.7. The number of benzene rings is 3. The van der Waals surface area contributed by atoms with Gasteiger partial charge in [0.2, 0.25) is 0 Å². The van der Waals surface area contributed by atoms with Gasteiger partial charge in [0.05, 0.1) is 36.8 Å². The van der Waals surface area contributed by atoms with Gasteiger partial charge in [0, 0.05) is 30.9 Å². The minimum Gasteiger partial charge on any atom is -0.497 e. The number of amides is 3. The van der Waals surface area contributed by atoms with Crippen LogP contribution in [0.2, 0.25) is 0 Å². The summed E-state index contributed by atoms with van der Waals surface area (Å²) in [6.45, 7) is 3.85. The fourth-order valence-electron chi connectivity index (χ4n) is 4.57. The van der Waals surface area contributed by atoms with Gasteiger partial charge in [-0.05, 0) is 61.5 Å². The molecule has 0 spiro atoms. The van der Waals surface area contributed by atoms with Gasteiger partial charge in [0.15, 0.2) is 0 Å². The van der Waals surface area contributed by atoms with Crippen LogP contribution in [0, 0.1) is 5.92 Å². The van der Waals surface area contributed by atoms with Crippen molar-refractivity contribution >= 4 is 33.3 Å². The first kappa shape index (κ1) is 30.7. The molecule has 12 heteroatoms. The van der Waals surface area contributed by atoms with Crippen LogP contribution in [0.15, 0.2) is 77.7 Å².